The minimum Gasteiger partial charge on any atom is -0.507 e. The van der Waals surface area contributed by atoms with Gasteiger partial charge in [0.25, 0.3) is 0 Å². The highest BCUT2D eigenvalue weighted by molar-refractivity contribution is 6.32. The number of carboxylic acid groups (broad SMARTS) is 3. The van der Waals surface area contributed by atoms with Gasteiger partial charge in [-0.05, 0) is 39.8 Å². The number of methoxy groups -OCH3 is 2. The fourth-order valence-electron chi connectivity index (χ4n) is 12.0. The lowest BCUT2D eigenvalue weighted by Gasteiger charge is -2.42. The molecule has 486 valence electrons. The monoisotopic (exact) mass is 1280 g/mol. The van der Waals surface area contributed by atoms with Gasteiger partial charge < -0.3 is 101 Å². The Balaban J connectivity index is 0.000000213. The molecule has 29 nitrogen and oxygen atoms in total. The molecule has 2 fully saturated rings. The maximum atomic E-state index is 13.6. The number of halogens is 1. The normalized spacial score (nSPS) is 27.2. The van der Waals surface area contributed by atoms with E-state index < -0.39 is 202 Å². The summed E-state index contributed by atoms with van der Waals surface area (Å²) in [6.07, 6.45) is -11.4. The molecule has 6 aliphatic rings. The highest BCUT2D eigenvalue weighted by Gasteiger charge is 2.52. The van der Waals surface area contributed by atoms with Gasteiger partial charge in [-0.25, -0.2) is 4.79 Å². The number of hydrogen-bond donors (Lipinski definition) is 14. The average Bonchev–Trinajstić information content (AvgIpc) is 0.722. The molecule has 30 heteroatoms. The number of carboxylic acids is 3. The molecule has 4 aliphatic carbocycles. The van der Waals surface area contributed by atoms with Gasteiger partial charge in [0.2, 0.25) is 11.6 Å². The molecule has 0 saturated carbocycles. The second-order valence-corrected chi connectivity index (χ2v) is 22.7. The number of phenols is 4. The van der Waals surface area contributed by atoms with Crippen molar-refractivity contribution in [3.05, 3.63) is 103 Å². The molecule has 2 aliphatic heterocycles. The fourth-order valence-corrected chi connectivity index (χ4v) is 12.0. The van der Waals surface area contributed by atoms with E-state index >= 15 is 0 Å². The lowest BCUT2D eigenvalue weighted by Crippen LogP contribution is -2.52. The number of nitrogens with two attached hydrogens (primary N) is 2. The smallest absolute Gasteiger partial charge is 0.336 e. The van der Waals surface area contributed by atoms with Crippen LogP contribution in [0.1, 0.15) is 164 Å². The number of aliphatic hydroxyl groups excluding tert-OH is 2. The largest absolute Gasteiger partial charge is 0.507 e. The van der Waals surface area contributed by atoms with Gasteiger partial charge >= 0.3 is 17.9 Å². The maximum Gasteiger partial charge on any atom is 0.336 e. The number of hydrogen-bond acceptors (Lipinski definition) is 26. The summed E-state index contributed by atoms with van der Waals surface area (Å²) in [4.78, 5) is 110. The Bertz CT molecular complexity index is 3400. The SMILES string of the molecule is COc1cccc2c1C(=O)c1c(O)c3c(c(O)c1C2=O)C[C@@](O)(C(C)=O)C[C@@H]3O[C@H]1C[C@H](N)[C@H](O)[C@H](C)O1.COc1cccc2c1C(=O)c1c(O)c3c(c(O)c1C2=O)C[C@@](O)(C(C)=O)C[C@@H]3O[C@H]1C[C@H](N)[C@H](O)[C@H](C)O1.Cl.O=C(O)CC(O)(CC(=O)O)C(=O)O. The minimum atomic E-state index is -2.74. The number of aliphatic hydroxyl groups is 5. The van der Waals surface area contributed by atoms with Crippen molar-refractivity contribution in [2.75, 3.05) is 14.2 Å². The summed E-state index contributed by atoms with van der Waals surface area (Å²) in [5.41, 5.74) is 3.21. The van der Waals surface area contributed by atoms with Crippen molar-refractivity contribution in [2.24, 2.45) is 11.5 Å². The average molecular weight is 1280 g/mol. The van der Waals surface area contributed by atoms with Crippen molar-refractivity contribution in [3.8, 4) is 34.5 Å². The van der Waals surface area contributed by atoms with Crippen molar-refractivity contribution < 1.29 is 133 Å². The van der Waals surface area contributed by atoms with E-state index in [1.165, 1.54) is 64.5 Å². The van der Waals surface area contributed by atoms with Gasteiger partial charge in [-0.3, -0.25) is 38.4 Å². The topological polar surface area (TPSA) is 504 Å². The zero-order valence-electron chi connectivity index (χ0n) is 48.9. The number of aliphatic carboxylic acids is 3. The van der Waals surface area contributed by atoms with Crippen LogP contribution in [0.15, 0.2) is 36.4 Å². The first-order chi connectivity index (χ1) is 41.6. The first-order valence-corrected chi connectivity index (χ1v) is 27.7. The van der Waals surface area contributed by atoms with Gasteiger partial charge in [-0.2, -0.15) is 0 Å². The van der Waals surface area contributed by atoms with Crippen LogP contribution in [0.2, 0.25) is 0 Å². The Morgan fingerprint density at radius 2 is 0.911 bits per heavy atom. The van der Waals surface area contributed by atoms with Crippen molar-refractivity contribution in [2.45, 2.75) is 157 Å². The van der Waals surface area contributed by atoms with Crippen LogP contribution >= 0.6 is 12.4 Å². The minimum absolute atomic E-state index is 0. The van der Waals surface area contributed by atoms with E-state index in [4.69, 9.17) is 60.3 Å². The Morgan fingerprint density at radius 1 is 0.578 bits per heavy atom. The summed E-state index contributed by atoms with van der Waals surface area (Å²) < 4.78 is 34.1. The van der Waals surface area contributed by atoms with Gasteiger partial charge in [-0.15, -0.1) is 12.4 Å². The van der Waals surface area contributed by atoms with Crippen LogP contribution < -0.4 is 20.9 Å². The van der Waals surface area contributed by atoms with Gasteiger partial charge in [0.05, 0.1) is 97.1 Å². The highest BCUT2D eigenvalue weighted by atomic mass is 35.5. The summed E-state index contributed by atoms with van der Waals surface area (Å²) in [6, 6.07) is 7.50. The third kappa shape index (κ3) is 12.5. The van der Waals surface area contributed by atoms with Gasteiger partial charge in [0.15, 0.2) is 41.3 Å². The summed E-state index contributed by atoms with van der Waals surface area (Å²) in [6.45, 7) is 5.57. The first kappa shape index (κ1) is 69.4. The number of fused-ring (bicyclic) bond motifs is 6. The predicted molar refractivity (Wildman–Crippen MR) is 305 cm³/mol. The van der Waals surface area contributed by atoms with E-state index in [0.717, 1.165) is 0 Å². The Kier molecular flexibility index (Phi) is 20.1. The van der Waals surface area contributed by atoms with Crippen LogP contribution in [0.25, 0.3) is 0 Å². The number of carbonyl (C=O) groups excluding carboxylic acids is 6. The quantitative estimate of drug-likeness (QED) is 0.0723. The number of ketones is 6. The van der Waals surface area contributed by atoms with Crippen LogP contribution in [-0.4, -0.2) is 194 Å². The molecular weight excluding hydrogens is 1220 g/mol. The summed E-state index contributed by atoms with van der Waals surface area (Å²) >= 11 is 0. The van der Waals surface area contributed by atoms with Gasteiger partial charge in [0.1, 0.15) is 45.7 Å². The Labute approximate surface area is 516 Å². The third-order valence-electron chi connectivity index (χ3n) is 16.9. The van der Waals surface area contributed by atoms with E-state index in [0.29, 0.717) is 0 Å². The third-order valence-corrected chi connectivity index (χ3v) is 16.9. The molecule has 4 aromatic carbocycles. The highest BCUT2D eigenvalue weighted by Crippen LogP contribution is 2.55. The van der Waals surface area contributed by atoms with E-state index in [2.05, 4.69) is 0 Å². The Morgan fingerprint density at radius 3 is 1.20 bits per heavy atom. The summed E-state index contributed by atoms with van der Waals surface area (Å²) in [5.74, 6) is -11.4. The maximum absolute atomic E-state index is 13.6. The summed E-state index contributed by atoms with van der Waals surface area (Å²) in [5, 5.41) is 122. The van der Waals surface area contributed by atoms with E-state index in [9.17, 15) is 84.0 Å². The number of rotatable bonds is 13. The van der Waals surface area contributed by atoms with Crippen LogP contribution in [-0.2, 0) is 55.8 Å². The molecule has 10 rings (SSSR count). The number of carbonyl (C=O) groups is 9. The lowest BCUT2D eigenvalue weighted by atomic mass is 9.72. The number of phenolic OH excluding ortho intramolecular Hbond substituents is 4. The molecule has 0 bridgehead atoms. The van der Waals surface area contributed by atoms with Crippen molar-refractivity contribution in [1.29, 1.82) is 0 Å². The van der Waals surface area contributed by atoms with Gasteiger partial charge in [0, 0.05) is 84.0 Å². The van der Waals surface area contributed by atoms with Crippen molar-refractivity contribution in [1.82, 2.24) is 0 Å². The second-order valence-electron chi connectivity index (χ2n) is 22.7. The van der Waals surface area contributed by atoms with Gasteiger partial charge in [-0.1, -0.05) is 24.3 Å². The number of benzene rings is 4. The number of ether oxygens (including phenoxy) is 6. The predicted octanol–water partition coefficient (Wildman–Crippen LogP) is 1.23. The zero-order chi connectivity index (χ0) is 66.0. The van der Waals surface area contributed by atoms with Crippen LogP contribution in [0.4, 0.5) is 0 Å². The molecule has 90 heavy (non-hydrogen) atoms. The van der Waals surface area contributed by atoms with E-state index in [1.54, 1.807) is 13.8 Å². The molecule has 2 saturated heterocycles. The number of aromatic hydroxyl groups is 4. The van der Waals surface area contributed by atoms with E-state index in [1.807, 2.05) is 0 Å². The zero-order valence-corrected chi connectivity index (χ0v) is 49.8. The molecular formula is C60H67ClN2O27. The molecule has 0 amide bonds. The molecule has 0 unspecified atom stereocenters. The van der Waals surface area contributed by atoms with Crippen LogP contribution in [0.3, 0.4) is 0 Å². The van der Waals surface area contributed by atoms with Crippen LogP contribution in [0, 0.1) is 0 Å². The Hall–Kier alpha value is -8.04. The molecule has 4 aromatic rings. The molecule has 0 aromatic heterocycles. The summed E-state index contributed by atoms with van der Waals surface area (Å²) in [7, 11) is 2.68. The van der Waals surface area contributed by atoms with Crippen molar-refractivity contribution >= 4 is 65.0 Å². The van der Waals surface area contributed by atoms with Crippen molar-refractivity contribution in [3.63, 3.8) is 0 Å². The number of Topliss-reactive ketones (excluding diaryl/α,β-unsaturated/α-hetero) is 2. The molecule has 0 radical (unpaired) electrons. The first-order valence-electron chi connectivity index (χ1n) is 27.7. The molecule has 12 atom stereocenters. The molecule has 16 N–H and O–H groups in total. The standard InChI is InChI=1S/2C27H29NO10.C6H8O7.ClH/c2*1-10-22(30)14(28)7-17(37-10)38-16-9-27(35,11(2)29)8-13-19(16)26(34)21-20(24(13)32)23(31)12-5-4-6-15(36-3)18(12)25(21)33;7-3(8)1-6(13,5(11)12)2-4(9)10;/h2*4-6,10,14,16-17,22,30,32,34-35H,7-9,28H2,1-3H3;13H,1-2H2,(H,7,8)(H,9,10)(H,11,12);1H/t2*10-,14-,16-,17-,22+,27-;;/m00../s1. The fraction of sp³-hybridized carbons (Fsp3) is 0.450. The van der Waals surface area contributed by atoms with E-state index in [-0.39, 0.29) is 94.1 Å². The second kappa shape index (κ2) is 26.1. The molecule has 0 spiro atoms. The molecule has 2 heterocycles. The van der Waals surface area contributed by atoms with Crippen LogP contribution in [0.5, 0.6) is 34.5 Å². The lowest BCUT2D eigenvalue weighted by molar-refractivity contribution is -0.247.